The number of hydrogen-bond acceptors (Lipinski definition) is 5. The topological polar surface area (TPSA) is 87.7 Å². The lowest BCUT2D eigenvalue weighted by Crippen LogP contribution is -2.54. The van der Waals surface area contributed by atoms with Gasteiger partial charge in [0.2, 0.25) is 17.7 Å². The summed E-state index contributed by atoms with van der Waals surface area (Å²) < 4.78 is 5.71. The van der Waals surface area contributed by atoms with Gasteiger partial charge in [-0.15, -0.1) is 0 Å². The van der Waals surface area contributed by atoms with Crippen LogP contribution in [0.25, 0.3) is 0 Å². The maximum Gasteiger partial charge on any atom is 0.243 e. The zero-order valence-electron chi connectivity index (χ0n) is 13.3. The van der Waals surface area contributed by atoms with Gasteiger partial charge in [-0.1, -0.05) is 0 Å². The smallest absolute Gasteiger partial charge is 0.243 e. The summed E-state index contributed by atoms with van der Waals surface area (Å²) in [5.74, 6) is -1.43. The average Bonchev–Trinajstić information content (AvgIpc) is 3.22. The second-order valence-corrected chi connectivity index (χ2v) is 7.12. The summed E-state index contributed by atoms with van der Waals surface area (Å²) in [5.41, 5.74) is 0. The van der Waals surface area contributed by atoms with Crippen LogP contribution in [-0.2, 0) is 19.1 Å². The molecular weight excluding hydrogens is 298 g/mol. The Morgan fingerprint density at radius 1 is 1.22 bits per heavy atom. The van der Waals surface area contributed by atoms with E-state index in [0.29, 0.717) is 0 Å². The Bertz CT molecular complexity index is 517. The van der Waals surface area contributed by atoms with Crippen molar-refractivity contribution in [3.63, 3.8) is 0 Å². The van der Waals surface area contributed by atoms with Gasteiger partial charge in [-0.2, -0.15) is 0 Å². The van der Waals surface area contributed by atoms with Crippen LogP contribution in [0.1, 0.15) is 32.6 Å². The molecule has 0 aliphatic carbocycles. The van der Waals surface area contributed by atoms with Crippen LogP contribution in [-0.4, -0.2) is 60.0 Å². The highest BCUT2D eigenvalue weighted by atomic mass is 16.5. The molecule has 0 aromatic heterocycles. The zero-order valence-corrected chi connectivity index (χ0v) is 13.3. The van der Waals surface area contributed by atoms with E-state index in [1.807, 2.05) is 0 Å². The number of amides is 3. The van der Waals surface area contributed by atoms with Crippen molar-refractivity contribution in [1.82, 2.24) is 15.5 Å². The number of nitrogens with one attached hydrogen (secondary N) is 2. The summed E-state index contributed by atoms with van der Waals surface area (Å²) in [5, 5.41) is 6.20. The van der Waals surface area contributed by atoms with Crippen LogP contribution in [0.4, 0.5) is 0 Å². The van der Waals surface area contributed by atoms with Crippen LogP contribution in [0.15, 0.2) is 0 Å². The van der Waals surface area contributed by atoms with E-state index in [-0.39, 0.29) is 47.8 Å². The number of rotatable bonds is 3. The summed E-state index contributed by atoms with van der Waals surface area (Å²) in [6, 6.07) is -0.674. The first-order valence-corrected chi connectivity index (χ1v) is 8.61. The molecule has 7 heteroatoms. The molecule has 4 aliphatic rings. The van der Waals surface area contributed by atoms with Crippen LogP contribution < -0.4 is 10.6 Å². The van der Waals surface area contributed by atoms with Crippen molar-refractivity contribution >= 4 is 17.7 Å². The molecule has 4 aliphatic heterocycles. The van der Waals surface area contributed by atoms with Crippen molar-refractivity contribution < 1.29 is 19.1 Å². The molecule has 4 saturated heterocycles. The molecule has 2 N–H and O–H groups in total. The molecule has 4 heterocycles. The number of nitrogens with zero attached hydrogens (tertiary/aromatic N) is 1. The van der Waals surface area contributed by atoms with Gasteiger partial charge in [0.1, 0.15) is 6.04 Å². The van der Waals surface area contributed by atoms with Gasteiger partial charge in [0.05, 0.1) is 24.0 Å². The van der Waals surface area contributed by atoms with E-state index < -0.39 is 6.04 Å². The van der Waals surface area contributed by atoms with E-state index in [2.05, 4.69) is 10.6 Å². The number of fused-ring (bicyclic) bond motifs is 5. The van der Waals surface area contributed by atoms with Gasteiger partial charge in [-0.05, 0) is 39.2 Å². The second-order valence-electron chi connectivity index (χ2n) is 7.12. The monoisotopic (exact) mass is 321 g/mol. The predicted octanol–water partition coefficient (Wildman–Crippen LogP) is -0.594. The first-order valence-electron chi connectivity index (χ1n) is 8.61. The molecule has 0 spiro atoms. The van der Waals surface area contributed by atoms with E-state index in [4.69, 9.17) is 4.74 Å². The van der Waals surface area contributed by atoms with Gasteiger partial charge < -0.3 is 15.4 Å². The van der Waals surface area contributed by atoms with Gasteiger partial charge in [0.25, 0.3) is 0 Å². The van der Waals surface area contributed by atoms with Crippen LogP contribution in [0.5, 0.6) is 0 Å². The summed E-state index contributed by atoms with van der Waals surface area (Å²) in [7, 11) is 0. The van der Waals surface area contributed by atoms with Crippen LogP contribution in [0.3, 0.4) is 0 Å². The molecule has 6 atom stereocenters. The van der Waals surface area contributed by atoms with Gasteiger partial charge in [-0.25, -0.2) is 0 Å². The maximum absolute atomic E-state index is 12.7. The lowest BCUT2D eigenvalue weighted by Gasteiger charge is -2.28. The molecule has 4 rings (SSSR count). The number of carbonyl (C=O) groups excluding carboxylic acids is 3. The Morgan fingerprint density at radius 3 is 2.43 bits per heavy atom. The minimum Gasteiger partial charge on any atom is -0.373 e. The molecular formula is C16H23N3O4. The predicted molar refractivity (Wildman–Crippen MR) is 80.2 cm³/mol. The Balaban J connectivity index is 1.46. The summed E-state index contributed by atoms with van der Waals surface area (Å²) in [4.78, 5) is 39.0. The highest BCUT2D eigenvalue weighted by molar-refractivity contribution is 6.09. The van der Waals surface area contributed by atoms with Crippen molar-refractivity contribution in [2.24, 2.45) is 11.8 Å². The number of likely N-dealkylation sites (tertiary alicyclic amines) is 1. The molecule has 0 aromatic rings. The van der Waals surface area contributed by atoms with Gasteiger partial charge in [-0.3, -0.25) is 19.3 Å². The highest BCUT2D eigenvalue weighted by Gasteiger charge is 2.63. The second kappa shape index (κ2) is 5.56. The molecule has 23 heavy (non-hydrogen) atoms. The van der Waals surface area contributed by atoms with Crippen LogP contribution in [0, 0.1) is 11.8 Å². The first kappa shape index (κ1) is 15.1. The summed E-state index contributed by atoms with van der Waals surface area (Å²) >= 11 is 0. The third-order valence-electron chi connectivity index (χ3n) is 5.73. The Kier molecular flexibility index (Phi) is 3.65. The number of imide groups is 1. The van der Waals surface area contributed by atoms with E-state index in [1.54, 1.807) is 6.92 Å². The fourth-order valence-electron chi connectivity index (χ4n) is 4.53. The van der Waals surface area contributed by atoms with E-state index in [1.165, 1.54) is 4.90 Å². The summed E-state index contributed by atoms with van der Waals surface area (Å²) in [6.07, 6.45) is 3.36. The van der Waals surface area contributed by atoms with Crippen molar-refractivity contribution in [2.45, 2.75) is 56.9 Å². The SMILES string of the molecule is CC(C(=O)NC1CCCNC1)N1C(=O)C2C3CCC(O3)C2C1=O. The summed E-state index contributed by atoms with van der Waals surface area (Å²) in [6.45, 7) is 3.35. The molecule has 0 aromatic carbocycles. The van der Waals surface area contributed by atoms with Crippen molar-refractivity contribution in [2.75, 3.05) is 13.1 Å². The average molecular weight is 321 g/mol. The van der Waals surface area contributed by atoms with E-state index in [9.17, 15) is 14.4 Å². The number of hydrogen-bond donors (Lipinski definition) is 2. The Hall–Kier alpha value is -1.47. The largest absolute Gasteiger partial charge is 0.373 e. The normalized spacial score (nSPS) is 40.4. The molecule has 0 radical (unpaired) electrons. The molecule has 6 unspecified atom stereocenters. The van der Waals surface area contributed by atoms with E-state index >= 15 is 0 Å². The number of piperidine rings is 1. The number of ether oxygens (including phenoxy) is 1. The fourth-order valence-corrected chi connectivity index (χ4v) is 4.53. The van der Waals surface area contributed by atoms with E-state index in [0.717, 1.165) is 38.8 Å². The van der Waals surface area contributed by atoms with Crippen LogP contribution >= 0.6 is 0 Å². The molecule has 0 saturated carbocycles. The molecule has 126 valence electrons. The lowest BCUT2D eigenvalue weighted by atomic mass is 9.81. The minimum atomic E-state index is -0.748. The van der Waals surface area contributed by atoms with Crippen molar-refractivity contribution in [3.8, 4) is 0 Å². The first-order chi connectivity index (χ1) is 11.1. The highest BCUT2D eigenvalue weighted by Crippen LogP contribution is 2.48. The van der Waals surface area contributed by atoms with Crippen molar-refractivity contribution in [1.29, 1.82) is 0 Å². The van der Waals surface area contributed by atoms with Crippen LogP contribution in [0.2, 0.25) is 0 Å². The molecule has 3 amide bonds. The third-order valence-corrected chi connectivity index (χ3v) is 5.73. The Morgan fingerprint density at radius 2 is 1.87 bits per heavy atom. The molecule has 7 nitrogen and oxygen atoms in total. The van der Waals surface area contributed by atoms with Gasteiger partial charge in [0, 0.05) is 12.6 Å². The fraction of sp³-hybridized carbons (Fsp3) is 0.812. The zero-order chi connectivity index (χ0) is 16.1. The molecule has 2 bridgehead atoms. The number of carbonyl (C=O) groups is 3. The molecule has 4 fully saturated rings. The lowest BCUT2D eigenvalue weighted by molar-refractivity contribution is -0.149. The standard InChI is InChI=1S/C16H23N3O4/c1-8(14(20)18-9-3-2-6-17-7-9)19-15(21)12-10-4-5-11(23-10)13(12)16(19)22/h8-13,17H,2-7H2,1H3,(H,18,20). The quantitative estimate of drug-likeness (QED) is 0.678. The van der Waals surface area contributed by atoms with Crippen molar-refractivity contribution in [3.05, 3.63) is 0 Å². The van der Waals surface area contributed by atoms with Gasteiger partial charge in [0.15, 0.2) is 0 Å². The van der Waals surface area contributed by atoms with Gasteiger partial charge >= 0.3 is 0 Å². The Labute approximate surface area is 135 Å². The maximum atomic E-state index is 12.7. The third kappa shape index (κ3) is 2.29. The minimum absolute atomic E-state index is 0.0746.